The smallest absolute Gasteiger partial charge is 0.250 e. The fourth-order valence-corrected chi connectivity index (χ4v) is 5.66. The Bertz CT molecular complexity index is 875. The highest BCUT2D eigenvalue weighted by Gasteiger charge is 2.47. The average molecular weight is 425 g/mol. The third-order valence-corrected chi connectivity index (χ3v) is 11.7. The van der Waals surface area contributed by atoms with Crippen molar-refractivity contribution in [3.8, 4) is 11.5 Å². The van der Waals surface area contributed by atoms with Crippen LogP contribution in [-0.2, 0) is 11.2 Å². The molecule has 1 saturated carbocycles. The van der Waals surface area contributed by atoms with E-state index in [9.17, 15) is 4.79 Å². The maximum absolute atomic E-state index is 12.7. The van der Waals surface area contributed by atoms with Gasteiger partial charge in [0, 0.05) is 5.92 Å². The second-order valence-electron chi connectivity index (χ2n) is 10.3. The van der Waals surface area contributed by atoms with Crippen molar-refractivity contribution in [2.45, 2.75) is 51.7 Å². The third-order valence-electron chi connectivity index (χ3n) is 7.35. The lowest BCUT2D eigenvalue weighted by Crippen LogP contribution is -2.44. The molecule has 4 atom stereocenters. The third kappa shape index (κ3) is 4.20. The zero-order valence-corrected chi connectivity index (χ0v) is 20.3. The normalized spacial score (nSPS) is 26.5. The summed E-state index contributed by atoms with van der Waals surface area (Å²) in [4.78, 5) is 12.7. The maximum atomic E-state index is 12.7. The van der Waals surface area contributed by atoms with Crippen molar-refractivity contribution in [2.75, 3.05) is 7.11 Å². The zero-order chi connectivity index (χ0) is 22.3. The van der Waals surface area contributed by atoms with Gasteiger partial charge in [-0.15, -0.1) is 6.58 Å². The molecule has 0 bridgehead atoms. The SMILES string of the molecule is C=C[C@H]1C[C@H](Cc2ccc(OC)c(O[Si](C)(C)C(C)(C)C)c2)[C@@H]2C(=O)C=CC(=C)[C@@H]21. The number of benzene rings is 1. The number of fused-ring (bicyclic) bond motifs is 1. The highest BCUT2D eigenvalue weighted by Crippen LogP contribution is 2.50. The summed E-state index contributed by atoms with van der Waals surface area (Å²) in [7, 11) is -0.311. The zero-order valence-electron chi connectivity index (χ0n) is 19.3. The Morgan fingerprint density at radius 1 is 1.17 bits per heavy atom. The Balaban J connectivity index is 1.88. The molecule has 0 radical (unpaired) electrons. The van der Waals surface area contributed by atoms with Gasteiger partial charge in [-0.25, -0.2) is 0 Å². The number of hydrogen-bond donors (Lipinski definition) is 0. The number of hydrogen-bond acceptors (Lipinski definition) is 3. The standard InChI is InChI=1S/C26H36O3Si/c1-9-19-16-20(25-21(27)12-10-17(2)24(19)25)14-18-11-13-22(28-6)23(15-18)29-30(7,8)26(3,4)5/h9-13,15,19-20,24-25H,1-2,14,16H2,3-8H3/t19-,20-,24+,25+/m0/s1. The molecule has 2 aliphatic rings. The van der Waals surface area contributed by atoms with Gasteiger partial charge in [-0.1, -0.05) is 51.1 Å². The second-order valence-corrected chi connectivity index (χ2v) is 15.0. The lowest BCUT2D eigenvalue weighted by atomic mass is 9.75. The van der Waals surface area contributed by atoms with Crippen LogP contribution in [0.5, 0.6) is 11.5 Å². The van der Waals surface area contributed by atoms with Crippen LogP contribution in [0.15, 0.2) is 55.2 Å². The number of ketones is 1. The lowest BCUT2D eigenvalue weighted by molar-refractivity contribution is -0.120. The fourth-order valence-electron chi connectivity index (χ4n) is 4.64. The van der Waals surface area contributed by atoms with Gasteiger partial charge in [-0.3, -0.25) is 4.79 Å². The molecular formula is C26H36O3Si. The molecule has 0 aromatic heterocycles. The number of carbonyl (C=O) groups excluding carboxylic acids is 1. The maximum Gasteiger partial charge on any atom is 0.250 e. The summed E-state index contributed by atoms with van der Waals surface area (Å²) < 4.78 is 12.2. The molecule has 3 nitrogen and oxygen atoms in total. The van der Waals surface area contributed by atoms with Crippen LogP contribution in [0.1, 0.15) is 32.8 Å². The van der Waals surface area contributed by atoms with E-state index in [1.807, 2.05) is 18.2 Å². The first-order valence-corrected chi connectivity index (χ1v) is 13.8. The summed E-state index contributed by atoms with van der Waals surface area (Å²) in [5.74, 6) is 2.58. The van der Waals surface area contributed by atoms with Crippen molar-refractivity contribution in [2.24, 2.45) is 23.7 Å². The topological polar surface area (TPSA) is 35.5 Å². The van der Waals surface area contributed by atoms with Crippen LogP contribution in [0.4, 0.5) is 0 Å². The van der Waals surface area contributed by atoms with Gasteiger partial charge in [0.15, 0.2) is 11.5 Å². The highest BCUT2D eigenvalue weighted by molar-refractivity contribution is 6.74. The lowest BCUT2D eigenvalue weighted by Gasteiger charge is -2.37. The largest absolute Gasteiger partial charge is 0.541 e. The Morgan fingerprint density at radius 2 is 1.87 bits per heavy atom. The molecule has 0 unspecified atom stereocenters. The van der Waals surface area contributed by atoms with Crippen LogP contribution in [0.3, 0.4) is 0 Å². The first-order valence-electron chi connectivity index (χ1n) is 10.9. The Kier molecular flexibility index (Phi) is 6.19. The van der Waals surface area contributed by atoms with Gasteiger partial charge < -0.3 is 9.16 Å². The average Bonchev–Trinajstić information content (AvgIpc) is 3.03. The van der Waals surface area contributed by atoms with Gasteiger partial charge in [-0.05, 0) is 72.5 Å². The van der Waals surface area contributed by atoms with E-state index < -0.39 is 8.32 Å². The predicted molar refractivity (Wildman–Crippen MR) is 127 cm³/mol. The van der Waals surface area contributed by atoms with Gasteiger partial charge in [0.1, 0.15) is 5.75 Å². The summed E-state index contributed by atoms with van der Waals surface area (Å²) in [6.45, 7) is 19.4. The molecule has 30 heavy (non-hydrogen) atoms. The van der Waals surface area contributed by atoms with Crippen molar-refractivity contribution in [3.63, 3.8) is 0 Å². The molecule has 162 valence electrons. The summed E-state index contributed by atoms with van der Waals surface area (Å²) >= 11 is 0. The van der Waals surface area contributed by atoms with Gasteiger partial charge in [0.2, 0.25) is 0 Å². The summed E-state index contributed by atoms with van der Waals surface area (Å²) in [5, 5.41) is 0.102. The molecular weight excluding hydrogens is 388 g/mol. The van der Waals surface area contributed by atoms with Crippen LogP contribution in [0.2, 0.25) is 18.1 Å². The van der Waals surface area contributed by atoms with E-state index in [4.69, 9.17) is 9.16 Å². The molecule has 3 rings (SSSR count). The molecule has 1 aromatic carbocycles. The minimum absolute atomic E-state index is 0.00244. The van der Waals surface area contributed by atoms with Crippen LogP contribution in [0.25, 0.3) is 0 Å². The Labute approximate surface area is 183 Å². The quantitative estimate of drug-likeness (QED) is 0.393. The fraction of sp³-hybridized carbons (Fsp3) is 0.500. The monoisotopic (exact) mass is 424 g/mol. The second kappa shape index (κ2) is 8.22. The van der Waals surface area contributed by atoms with Crippen LogP contribution in [0, 0.1) is 23.7 Å². The highest BCUT2D eigenvalue weighted by atomic mass is 28.4. The van der Waals surface area contributed by atoms with Crippen molar-refractivity contribution < 1.29 is 14.0 Å². The number of rotatable bonds is 6. The summed E-state index contributed by atoms with van der Waals surface area (Å²) in [5.41, 5.74) is 2.25. The van der Waals surface area contributed by atoms with E-state index in [1.165, 1.54) is 5.56 Å². The van der Waals surface area contributed by atoms with Gasteiger partial charge in [0.05, 0.1) is 7.11 Å². The summed E-state index contributed by atoms with van der Waals surface area (Å²) in [6, 6.07) is 6.22. The Morgan fingerprint density at radius 3 is 2.47 bits per heavy atom. The molecule has 0 spiro atoms. The number of allylic oxidation sites excluding steroid dienone is 4. The van der Waals surface area contributed by atoms with E-state index in [0.29, 0.717) is 5.92 Å². The molecule has 0 N–H and O–H groups in total. The van der Waals surface area contributed by atoms with Crippen molar-refractivity contribution >= 4 is 14.1 Å². The first-order chi connectivity index (χ1) is 14.0. The Hall–Kier alpha value is -2.07. The molecule has 4 heteroatoms. The van der Waals surface area contributed by atoms with E-state index >= 15 is 0 Å². The number of ether oxygens (including phenoxy) is 1. The molecule has 0 saturated heterocycles. The van der Waals surface area contributed by atoms with Crippen molar-refractivity contribution in [3.05, 3.63) is 60.7 Å². The molecule has 2 aliphatic carbocycles. The molecule has 1 aromatic rings. The minimum atomic E-state index is -1.99. The van der Waals surface area contributed by atoms with Gasteiger partial charge in [-0.2, -0.15) is 0 Å². The number of carbonyl (C=O) groups is 1. The molecule has 1 fully saturated rings. The van der Waals surface area contributed by atoms with Crippen LogP contribution in [-0.4, -0.2) is 21.2 Å². The van der Waals surface area contributed by atoms with E-state index in [1.54, 1.807) is 13.2 Å². The molecule has 0 heterocycles. The van der Waals surface area contributed by atoms with E-state index in [0.717, 1.165) is 29.9 Å². The van der Waals surface area contributed by atoms with Crippen LogP contribution < -0.4 is 9.16 Å². The number of methoxy groups -OCH3 is 1. The first kappa shape index (κ1) is 22.6. The molecule has 0 aliphatic heterocycles. The van der Waals surface area contributed by atoms with Crippen molar-refractivity contribution in [1.82, 2.24) is 0 Å². The van der Waals surface area contributed by atoms with Gasteiger partial charge >= 0.3 is 0 Å². The van der Waals surface area contributed by atoms with E-state index in [-0.39, 0.29) is 28.6 Å². The predicted octanol–water partition coefficient (Wildman–Crippen LogP) is 6.37. The van der Waals surface area contributed by atoms with Crippen LogP contribution >= 0.6 is 0 Å². The minimum Gasteiger partial charge on any atom is -0.541 e. The van der Waals surface area contributed by atoms with Gasteiger partial charge in [0.25, 0.3) is 8.32 Å². The summed E-state index contributed by atoms with van der Waals surface area (Å²) in [6.07, 6.45) is 7.42. The molecule has 0 amide bonds. The van der Waals surface area contributed by atoms with E-state index in [2.05, 4.69) is 59.2 Å². The van der Waals surface area contributed by atoms with Crippen molar-refractivity contribution in [1.29, 1.82) is 0 Å².